The molecule has 0 fully saturated rings. The summed E-state index contributed by atoms with van der Waals surface area (Å²) in [6.07, 6.45) is 0.577. The minimum absolute atomic E-state index is 0.0529. The molecule has 0 unspecified atom stereocenters. The Morgan fingerprint density at radius 1 is 0.471 bits per heavy atom. The molecule has 9 heteroatoms. The van der Waals surface area contributed by atoms with Crippen molar-refractivity contribution >= 4 is 59.2 Å². The van der Waals surface area contributed by atoms with Crippen molar-refractivity contribution in [3.63, 3.8) is 0 Å². The summed E-state index contributed by atoms with van der Waals surface area (Å²) in [5.41, 5.74) is 6.90. The van der Waals surface area contributed by atoms with E-state index in [1.165, 1.54) is 5.56 Å². The second-order valence-electron chi connectivity index (χ2n) is 15.4. The van der Waals surface area contributed by atoms with Crippen molar-refractivity contribution in [3.8, 4) is 23.0 Å². The molecule has 5 aromatic rings. The van der Waals surface area contributed by atoms with Gasteiger partial charge in [-0.15, -0.1) is 0 Å². The van der Waals surface area contributed by atoms with Crippen LogP contribution in [-0.2, 0) is 17.3 Å². The number of halogens is 4. The van der Waals surface area contributed by atoms with Gasteiger partial charge in [0.25, 0.3) is 0 Å². The molecule has 5 aromatic carbocycles. The quantitative estimate of drug-likeness (QED) is 0.0964. The van der Waals surface area contributed by atoms with E-state index in [1.807, 2.05) is 48.5 Å². The molecule has 2 aliphatic heterocycles. The summed E-state index contributed by atoms with van der Waals surface area (Å²) in [6.45, 7) is 19.2. The van der Waals surface area contributed by atoms with E-state index in [2.05, 4.69) is 98.7 Å². The van der Waals surface area contributed by atoms with Crippen LogP contribution in [0, 0.1) is 20.8 Å². The fraction of sp³-hybridized carbons (Fsp3) is 0.286. The Bertz CT molecular complexity index is 2030. The molecular weight excluding hydrogens is 741 g/mol. The zero-order valence-corrected chi connectivity index (χ0v) is 34.3. The summed E-state index contributed by atoms with van der Waals surface area (Å²) in [5, 5.41) is 0.772. The van der Waals surface area contributed by atoms with Crippen LogP contribution in [0.15, 0.2) is 84.9 Å². The maximum atomic E-state index is 7.36. The topological polar surface area (TPSA) is 36.9 Å². The molecule has 51 heavy (non-hydrogen) atoms. The average Bonchev–Trinajstić information content (AvgIpc) is 3.42. The van der Waals surface area contributed by atoms with Gasteiger partial charge in [-0.1, -0.05) is 35.9 Å². The molecule has 2 heterocycles. The number of hydrogen-bond donors (Lipinski definition) is 0. The van der Waals surface area contributed by atoms with E-state index in [0.717, 1.165) is 33.4 Å². The monoisotopic (exact) mass is 782 g/mol. The zero-order valence-electron chi connectivity index (χ0n) is 30.4. The summed E-state index contributed by atoms with van der Waals surface area (Å²) < 4.78 is 28.7. The molecule has 0 saturated heterocycles. The van der Waals surface area contributed by atoms with Crippen molar-refractivity contribution in [3.05, 3.63) is 144 Å². The largest absolute Gasteiger partial charge is 0.0622 e. The van der Waals surface area contributed by atoms with Gasteiger partial charge < -0.3 is 0 Å². The minimum Gasteiger partial charge on any atom is -0.0622 e. The Kier molecular flexibility index (Phi) is 9.88. The zero-order chi connectivity index (χ0) is 37.1. The van der Waals surface area contributed by atoms with E-state index in [9.17, 15) is 0 Å². The van der Waals surface area contributed by atoms with Gasteiger partial charge in [0.2, 0.25) is 0 Å². The Labute approximate surface area is 322 Å². The SMILES string of the molecule is Cc1cc2c(c(C(C)(C)C)c1)OP1(c3ccccc3)(Oc3c(cc(C)cc3C(C)(C)C)C2)Oc2c(Cl)c(Cl)c(Cl)c(Cl)c2O1.Cc1ccccc1. The number of rotatable bonds is 1. The first-order valence-electron chi connectivity index (χ1n) is 16.9. The maximum Gasteiger partial charge on any atom is -0.0398 e. The molecule has 0 bridgehead atoms. The normalized spacial score (nSPS) is 16.1. The van der Waals surface area contributed by atoms with Crippen molar-refractivity contribution in [1.29, 1.82) is 0 Å². The molecule has 0 atom stereocenters. The van der Waals surface area contributed by atoms with Gasteiger partial charge in [-0.25, -0.2) is 0 Å². The smallest absolute Gasteiger partial charge is 0.0398 e. The summed E-state index contributed by atoms with van der Waals surface area (Å²) in [6, 6.07) is 28.3. The van der Waals surface area contributed by atoms with E-state index in [0.29, 0.717) is 23.2 Å². The fourth-order valence-electron chi connectivity index (χ4n) is 6.41. The molecule has 7 rings (SSSR count). The first-order chi connectivity index (χ1) is 23.8. The van der Waals surface area contributed by atoms with E-state index in [-0.39, 0.29) is 42.4 Å². The third-order valence-corrected chi connectivity index (χ3v) is 13.8. The second-order valence-corrected chi connectivity index (χ2v) is 19.7. The molecule has 268 valence electrons. The van der Waals surface area contributed by atoms with Crippen LogP contribution in [0.1, 0.15) is 80.5 Å². The van der Waals surface area contributed by atoms with Crippen molar-refractivity contribution < 1.29 is 18.1 Å². The van der Waals surface area contributed by atoms with E-state index < -0.39 is 7.51 Å². The Morgan fingerprint density at radius 2 is 0.843 bits per heavy atom. The van der Waals surface area contributed by atoms with Gasteiger partial charge in [-0.2, -0.15) is 0 Å². The summed E-state index contributed by atoms with van der Waals surface area (Å²) in [7, 11) is -5.02. The van der Waals surface area contributed by atoms with Gasteiger partial charge in [0, 0.05) is 0 Å². The van der Waals surface area contributed by atoms with Crippen LogP contribution in [-0.4, -0.2) is 0 Å². The van der Waals surface area contributed by atoms with Gasteiger partial charge >= 0.3 is 281 Å². The maximum absolute atomic E-state index is 7.36. The van der Waals surface area contributed by atoms with Crippen molar-refractivity contribution in [2.75, 3.05) is 0 Å². The molecule has 0 N–H and O–H groups in total. The van der Waals surface area contributed by atoms with Crippen LogP contribution >= 0.6 is 53.9 Å². The standard InChI is InChI=1S/C35H35Cl4O4P.C7H8/c1-19-14-21-18-22-15-20(2)17-25(35(6,7)8)31(22)41-44(23-12-10-9-11-13-23,40-30(21)24(16-19)34(3,4)5)42-32-28(38)26(36)27(37)29(39)33(32)43-44;1-7-5-3-2-4-6-7/h9-17H,18H2,1-8H3;2-6H,1H3. The van der Waals surface area contributed by atoms with Gasteiger partial charge in [0.15, 0.2) is 0 Å². The van der Waals surface area contributed by atoms with Crippen molar-refractivity contribution in [2.45, 2.75) is 79.6 Å². The fourth-order valence-corrected chi connectivity index (χ4v) is 10.8. The molecule has 2 aliphatic rings. The second kappa shape index (κ2) is 13.4. The minimum atomic E-state index is -5.02. The van der Waals surface area contributed by atoms with Crippen molar-refractivity contribution in [2.24, 2.45) is 0 Å². The van der Waals surface area contributed by atoms with Gasteiger partial charge in [0.05, 0.1) is 0 Å². The van der Waals surface area contributed by atoms with Gasteiger partial charge in [-0.3, -0.25) is 0 Å². The molecule has 0 saturated carbocycles. The predicted octanol–water partition coefficient (Wildman–Crippen LogP) is 13.9. The van der Waals surface area contributed by atoms with Crippen molar-refractivity contribution in [1.82, 2.24) is 0 Å². The first-order valence-corrected chi connectivity index (χ1v) is 20.3. The van der Waals surface area contributed by atoms with Crippen LogP contribution in [0.2, 0.25) is 20.1 Å². The van der Waals surface area contributed by atoms with Crippen LogP contribution in [0.4, 0.5) is 0 Å². The molecule has 0 amide bonds. The molecule has 0 aromatic heterocycles. The molecule has 1 spiro atoms. The first kappa shape index (κ1) is 37.6. The van der Waals surface area contributed by atoms with E-state index >= 15 is 0 Å². The number of hydrogen-bond acceptors (Lipinski definition) is 4. The molecular formula is C42H43Cl4O4P. The van der Waals surface area contributed by atoms with Crippen LogP contribution < -0.4 is 23.4 Å². The Hall–Kier alpha value is -3.11. The number of aryl methyl sites for hydroxylation is 3. The van der Waals surface area contributed by atoms with E-state index in [1.54, 1.807) is 0 Å². The summed E-state index contributed by atoms with van der Waals surface area (Å²) >= 11 is 26.8. The summed E-state index contributed by atoms with van der Waals surface area (Å²) in [5.74, 6) is 1.49. The Balaban J connectivity index is 0.000000573. The third kappa shape index (κ3) is 6.92. The molecule has 4 nitrogen and oxygen atoms in total. The van der Waals surface area contributed by atoms with Gasteiger partial charge in [0.1, 0.15) is 0 Å². The van der Waals surface area contributed by atoms with Crippen LogP contribution in [0.3, 0.4) is 0 Å². The Morgan fingerprint density at radius 3 is 1.20 bits per heavy atom. The van der Waals surface area contributed by atoms with Crippen LogP contribution in [0.5, 0.6) is 23.0 Å². The number of benzene rings is 5. The average molecular weight is 785 g/mol. The summed E-state index contributed by atoms with van der Waals surface area (Å²) in [4.78, 5) is 0. The van der Waals surface area contributed by atoms with E-state index in [4.69, 9.17) is 64.5 Å². The molecule has 0 aliphatic carbocycles. The third-order valence-electron chi connectivity index (χ3n) is 8.91. The van der Waals surface area contributed by atoms with Crippen LogP contribution in [0.25, 0.3) is 0 Å². The predicted molar refractivity (Wildman–Crippen MR) is 216 cm³/mol. The number of fused-ring (bicyclic) bond motifs is 3. The van der Waals surface area contributed by atoms with Gasteiger partial charge in [-0.05, 0) is 6.92 Å². The molecule has 0 radical (unpaired) electrons.